The topological polar surface area (TPSA) is 80.4 Å². The van der Waals surface area contributed by atoms with Crippen LogP contribution < -0.4 is 11.2 Å². The number of pyridine rings is 1. The van der Waals surface area contributed by atoms with Crippen LogP contribution in [0.4, 0.5) is 4.79 Å². The number of hydrogen-bond donors (Lipinski definition) is 2. The van der Waals surface area contributed by atoms with E-state index in [2.05, 4.69) is 15.5 Å². The summed E-state index contributed by atoms with van der Waals surface area (Å²) in [7, 11) is 0. The Morgan fingerprint density at radius 2 is 2.12 bits per heavy atom. The van der Waals surface area contributed by atoms with E-state index in [1.165, 1.54) is 0 Å². The van der Waals surface area contributed by atoms with Gasteiger partial charge in [-0.25, -0.2) is 10.2 Å². The molecule has 0 spiro atoms. The zero-order valence-corrected chi connectivity index (χ0v) is 9.34. The first-order chi connectivity index (χ1) is 8.18. The number of urea groups is 1. The fourth-order valence-corrected chi connectivity index (χ4v) is 1.60. The molecule has 0 saturated carbocycles. The lowest BCUT2D eigenvalue weighted by Gasteiger charge is -2.04. The molecule has 1 aromatic carbocycles. The number of benzene rings is 1. The van der Waals surface area contributed by atoms with Crippen LogP contribution in [0.5, 0.6) is 0 Å². The smallest absolute Gasteiger partial charge is 0.332 e. The fourth-order valence-electron chi connectivity index (χ4n) is 1.60. The Morgan fingerprint density at radius 3 is 2.88 bits per heavy atom. The zero-order chi connectivity index (χ0) is 12.3. The second kappa shape index (κ2) is 4.61. The van der Waals surface area contributed by atoms with E-state index in [9.17, 15) is 4.79 Å². The van der Waals surface area contributed by atoms with E-state index in [1.807, 2.05) is 30.3 Å². The van der Waals surface area contributed by atoms with Gasteiger partial charge in [0.15, 0.2) is 0 Å². The number of nitrogens with zero attached hydrogens (tertiary/aromatic N) is 2. The normalized spacial score (nSPS) is 11.5. The third-order valence-electron chi connectivity index (χ3n) is 2.35. The molecule has 0 aliphatic rings. The molecule has 0 radical (unpaired) electrons. The van der Waals surface area contributed by atoms with Crippen molar-refractivity contribution in [3.05, 3.63) is 42.2 Å². The van der Waals surface area contributed by atoms with Crippen LogP contribution in [0, 0.1) is 0 Å². The molecule has 0 unspecified atom stereocenters. The fraction of sp³-hybridized carbons (Fsp3) is 0.0833. The molecular formula is C12H12N4O. The lowest BCUT2D eigenvalue weighted by molar-refractivity contribution is 0.249. The Morgan fingerprint density at radius 1 is 1.35 bits per heavy atom. The average Bonchev–Trinajstić information content (AvgIpc) is 2.35. The van der Waals surface area contributed by atoms with E-state index >= 15 is 0 Å². The number of rotatable bonds is 2. The summed E-state index contributed by atoms with van der Waals surface area (Å²) >= 11 is 0. The maximum Gasteiger partial charge on any atom is 0.332 e. The minimum absolute atomic E-state index is 0.612. The highest BCUT2D eigenvalue weighted by Crippen LogP contribution is 2.16. The number of fused-ring (bicyclic) bond motifs is 1. The number of carbonyl (C=O) groups is 1. The minimum atomic E-state index is -0.690. The van der Waals surface area contributed by atoms with Crippen LogP contribution in [0.3, 0.4) is 0 Å². The number of nitrogens with two attached hydrogens (primary N) is 1. The van der Waals surface area contributed by atoms with Crippen molar-refractivity contribution in [2.24, 2.45) is 10.8 Å². The lowest BCUT2D eigenvalue weighted by Crippen LogP contribution is -2.25. The van der Waals surface area contributed by atoms with E-state index in [1.54, 1.807) is 13.1 Å². The molecule has 2 rings (SSSR count). The van der Waals surface area contributed by atoms with Gasteiger partial charge in [-0.1, -0.05) is 24.3 Å². The van der Waals surface area contributed by atoms with Crippen LogP contribution in [0.1, 0.15) is 12.6 Å². The first-order valence-corrected chi connectivity index (χ1v) is 5.12. The summed E-state index contributed by atoms with van der Waals surface area (Å²) in [5.74, 6) is 0. The van der Waals surface area contributed by atoms with Crippen LogP contribution in [0.15, 0.2) is 41.6 Å². The Balaban J connectivity index is 2.48. The molecule has 1 heterocycles. The molecule has 0 aliphatic heterocycles. The Hall–Kier alpha value is -2.43. The number of hydrazone groups is 1. The summed E-state index contributed by atoms with van der Waals surface area (Å²) in [4.78, 5) is 14.8. The van der Waals surface area contributed by atoms with E-state index in [0.29, 0.717) is 5.71 Å². The Labute approximate surface area is 98.3 Å². The minimum Gasteiger partial charge on any atom is -0.350 e. The van der Waals surface area contributed by atoms with Crippen molar-refractivity contribution in [2.75, 3.05) is 0 Å². The second-order valence-corrected chi connectivity index (χ2v) is 3.55. The predicted molar refractivity (Wildman–Crippen MR) is 66.7 cm³/mol. The second-order valence-electron chi connectivity index (χ2n) is 3.55. The summed E-state index contributed by atoms with van der Waals surface area (Å²) in [6.07, 6.45) is 1.71. The van der Waals surface area contributed by atoms with Gasteiger partial charge in [-0.05, 0) is 18.4 Å². The van der Waals surface area contributed by atoms with Gasteiger partial charge in [0.2, 0.25) is 0 Å². The van der Waals surface area contributed by atoms with Gasteiger partial charge in [-0.2, -0.15) is 5.10 Å². The number of hydrogen-bond acceptors (Lipinski definition) is 3. The molecule has 0 saturated heterocycles. The highest BCUT2D eigenvalue weighted by molar-refractivity contribution is 6.08. The summed E-state index contributed by atoms with van der Waals surface area (Å²) < 4.78 is 0. The molecule has 0 aliphatic carbocycles. The molecule has 5 heteroatoms. The number of nitrogens with one attached hydrogen (secondary N) is 1. The molecule has 0 atom stereocenters. The molecule has 1 aromatic heterocycles. The third kappa shape index (κ3) is 2.39. The molecule has 17 heavy (non-hydrogen) atoms. The largest absolute Gasteiger partial charge is 0.350 e. The van der Waals surface area contributed by atoms with E-state index in [-0.39, 0.29) is 0 Å². The molecule has 0 bridgehead atoms. The maximum absolute atomic E-state index is 10.6. The van der Waals surface area contributed by atoms with E-state index in [4.69, 9.17) is 5.73 Å². The zero-order valence-electron chi connectivity index (χ0n) is 9.34. The average molecular weight is 228 g/mol. The Kier molecular flexibility index (Phi) is 3.00. The molecule has 5 nitrogen and oxygen atoms in total. The molecular weight excluding hydrogens is 216 g/mol. The SMILES string of the molecule is C/C(=N\NC(N)=O)c1nccc2ccccc12. The first kappa shape index (κ1) is 11.1. The van der Waals surface area contributed by atoms with Crippen LogP contribution in [0.2, 0.25) is 0 Å². The summed E-state index contributed by atoms with van der Waals surface area (Å²) in [5, 5.41) is 5.94. The summed E-state index contributed by atoms with van der Waals surface area (Å²) in [6, 6.07) is 9.08. The highest BCUT2D eigenvalue weighted by Gasteiger charge is 2.05. The molecule has 86 valence electrons. The van der Waals surface area contributed by atoms with Crippen molar-refractivity contribution in [1.82, 2.24) is 10.4 Å². The summed E-state index contributed by atoms with van der Waals surface area (Å²) in [6.45, 7) is 1.77. The van der Waals surface area contributed by atoms with Crippen molar-refractivity contribution in [3.8, 4) is 0 Å². The molecule has 3 N–H and O–H groups in total. The van der Waals surface area contributed by atoms with Gasteiger partial charge in [0.05, 0.1) is 11.4 Å². The van der Waals surface area contributed by atoms with Crippen molar-refractivity contribution < 1.29 is 4.79 Å². The lowest BCUT2D eigenvalue weighted by atomic mass is 10.1. The first-order valence-electron chi connectivity index (χ1n) is 5.12. The standard InChI is InChI=1S/C12H12N4O/c1-8(15-16-12(13)17)11-10-5-3-2-4-9(10)6-7-14-11/h2-7H,1H3,(H3,13,16,17)/b15-8+. The van der Waals surface area contributed by atoms with Crippen LogP contribution in [-0.4, -0.2) is 16.7 Å². The van der Waals surface area contributed by atoms with Crippen molar-refractivity contribution in [2.45, 2.75) is 6.92 Å². The molecule has 2 aromatic rings. The van der Waals surface area contributed by atoms with Crippen LogP contribution in [-0.2, 0) is 0 Å². The molecule has 2 amide bonds. The quantitative estimate of drug-likeness (QED) is 0.605. The number of aromatic nitrogens is 1. The number of amides is 2. The van der Waals surface area contributed by atoms with Gasteiger partial charge in [0.1, 0.15) is 0 Å². The Bertz CT molecular complexity index is 587. The van der Waals surface area contributed by atoms with E-state index < -0.39 is 6.03 Å². The van der Waals surface area contributed by atoms with Crippen LogP contribution in [0.25, 0.3) is 10.8 Å². The van der Waals surface area contributed by atoms with Gasteiger partial charge in [-0.3, -0.25) is 4.98 Å². The van der Waals surface area contributed by atoms with E-state index in [0.717, 1.165) is 16.5 Å². The van der Waals surface area contributed by atoms with Gasteiger partial charge in [-0.15, -0.1) is 0 Å². The van der Waals surface area contributed by atoms with Gasteiger partial charge in [0, 0.05) is 11.6 Å². The molecule has 0 fully saturated rings. The number of primary amides is 1. The monoisotopic (exact) mass is 228 g/mol. The van der Waals surface area contributed by atoms with Gasteiger partial charge in [0.25, 0.3) is 0 Å². The maximum atomic E-state index is 10.6. The summed E-state index contributed by atoms with van der Waals surface area (Å²) in [5.41, 5.74) is 8.49. The third-order valence-corrected chi connectivity index (χ3v) is 2.35. The number of carbonyl (C=O) groups excluding carboxylic acids is 1. The predicted octanol–water partition coefficient (Wildman–Crippen LogP) is 1.63. The van der Waals surface area contributed by atoms with Gasteiger partial charge >= 0.3 is 6.03 Å². The van der Waals surface area contributed by atoms with Crippen molar-refractivity contribution in [1.29, 1.82) is 0 Å². The van der Waals surface area contributed by atoms with Crippen molar-refractivity contribution >= 4 is 22.5 Å². The van der Waals surface area contributed by atoms with Crippen molar-refractivity contribution in [3.63, 3.8) is 0 Å². The van der Waals surface area contributed by atoms with Gasteiger partial charge < -0.3 is 5.73 Å². The highest BCUT2D eigenvalue weighted by atomic mass is 16.2. The van der Waals surface area contributed by atoms with Crippen LogP contribution >= 0.6 is 0 Å².